The minimum Gasteiger partial charge on any atom is -0.508 e. The smallest absolute Gasteiger partial charge is 0.187 e. The molecule has 4 nitrogen and oxygen atoms in total. The van der Waals surface area contributed by atoms with Gasteiger partial charge in [0.2, 0.25) is 0 Å². The summed E-state index contributed by atoms with van der Waals surface area (Å²) in [5, 5.41) is 15.1. The summed E-state index contributed by atoms with van der Waals surface area (Å²) in [5.41, 5.74) is 1.42. The maximum Gasteiger partial charge on any atom is 0.187 e. The summed E-state index contributed by atoms with van der Waals surface area (Å²) in [6.45, 7) is 7.59. The molecule has 1 aliphatic carbocycles. The molecule has 1 saturated carbocycles. The number of ketones is 1. The number of hydrogen-bond donors (Lipinski definition) is 3. The van der Waals surface area contributed by atoms with E-state index in [4.69, 9.17) is 0 Å². The fraction of sp³-hybridized carbons (Fsp3) is 0.370. The number of nitrogens with one attached hydrogen (secondary N) is 2. The van der Waals surface area contributed by atoms with Crippen molar-refractivity contribution in [1.29, 1.82) is 0 Å². The van der Waals surface area contributed by atoms with Gasteiger partial charge < -0.3 is 15.4 Å². The number of allylic oxidation sites excluding steroid dienone is 2. The summed E-state index contributed by atoms with van der Waals surface area (Å²) in [6.07, 6.45) is 18.3. The summed E-state index contributed by atoms with van der Waals surface area (Å²) < 4.78 is 0. The predicted octanol–water partition coefficient (Wildman–Crippen LogP) is 5.07. The second-order valence-electron chi connectivity index (χ2n) is 8.33. The van der Waals surface area contributed by atoms with Gasteiger partial charge in [0.15, 0.2) is 5.78 Å². The molecule has 31 heavy (non-hydrogen) atoms. The van der Waals surface area contributed by atoms with Gasteiger partial charge in [-0.3, -0.25) is 4.79 Å². The molecule has 164 valence electrons. The Morgan fingerprint density at radius 3 is 2.39 bits per heavy atom. The second-order valence-corrected chi connectivity index (χ2v) is 8.33. The van der Waals surface area contributed by atoms with Gasteiger partial charge in [0.05, 0.1) is 6.04 Å². The Morgan fingerprint density at radius 2 is 1.74 bits per heavy atom. The third-order valence-corrected chi connectivity index (χ3v) is 6.11. The predicted molar refractivity (Wildman–Crippen MR) is 130 cm³/mol. The first kappa shape index (κ1) is 22.7. The highest BCUT2D eigenvalue weighted by Gasteiger charge is 2.30. The van der Waals surface area contributed by atoms with Gasteiger partial charge in [0.25, 0.3) is 0 Å². The zero-order valence-electron chi connectivity index (χ0n) is 18.3. The Labute approximate surface area is 185 Å². The lowest BCUT2D eigenvalue weighted by molar-refractivity contribution is 0.0935. The molecule has 4 heteroatoms. The van der Waals surface area contributed by atoms with Crippen molar-refractivity contribution in [2.45, 2.75) is 57.4 Å². The first-order valence-electron chi connectivity index (χ1n) is 11.4. The molecule has 2 aromatic rings. The van der Waals surface area contributed by atoms with Crippen LogP contribution in [-0.4, -0.2) is 21.9 Å². The van der Waals surface area contributed by atoms with Crippen LogP contribution in [0.15, 0.2) is 55.8 Å². The first-order valence-corrected chi connectivity index (χ1v) is 11.4. The van der Waals surface area contributed by atoms with E-state index in [0.29, 0.717) is 5.56 Å². The molecule has 3 N–H and O–H groups in total. The lowest BCUT2D eigenvalue weighted by atomic mass is 9.85. The Morgan fingerprint density at radius 1 is 1.06 bits per heavy atom. The molecule has 1 unspecified atom stereocenters. The number of Topliss-reactive ketones (excluding diaryl/α,β-unsaturated/α-hetero) is 1. The Bertz CT molecular complexity index is 1010. The van der Waals surface area contributed by atoms with Crippen LogP contribution in [0.3, 0.4) is 0 Å². The highest BCUT2D eigenvalue weighted by atomic mass is 16.3. The van der Waals surface area contributed by atoms with E-state index in [0.717, 1.165) is 41.9 Å². The molecule has 0 aliphatic heterocycles. The molecule has 0 radical (unpaired) electrons. The van der Waals surface area contributed by atoms with E-state index in [1.807, 2.05) is 18.2 Å². The molecular formula is C27H34N2O2. The van der Waals surface area contributed by atoms with Crippen LogP contribution in [0, 0.1) is 5.92 Å². The summed E-state index contributed by atoms with van der Waals surface area (Å²) in [5.74, 6) is 0.503. The molecule has 1 aliphatic rings. The normalized spacial score (nSPS) is 17.9. The number of rotatable bonds is 7. The fourth-order valence-electron chi connectivity index (χ4n) is 4.55. The number of benzene rings is 1. The molecule has 1 heterocycles. The van der Waals surface area contributed by atoms with E-state index >= 15 is 0 Å². The monoisotopic (exact) mass is 418 g/mol. The molecule has 0 bridgehead atoms. The SMILES string of the molecule is C=C/C=c1/c(C(=O)C(Nc2cccc(O)c2)C2CCCCCCCC2)c[nH]/c1=C/C=C. The average molecular weight is 419 g/mol. The van der Waals surface area contributed by atoms with Crippen molar-refractivity contribution in [2.75, 3.05) is 5.32 Å². The van der Waals surface area contributed by atoms with Gasteiger partial charge >= 0.3 is 0 Å². The molecule has 0 amide bonds. The topological polar surface area (TPSA) is 65.1 Å². The molecule has 0 spiro atoms. The van der Waals surface area contributed by atoms with Crippen molar-refractivity contribution >= 4 is 23.6 Å². The third kappa shape index (κ3) is 6.00. The molecule has 1 fully saturated rings. The number of hydrogen-bond acceptors (Lipinski definition) is 3. The number of anilines is 1. The van der Waals surface area contributed by atoms with Gasteiger partial charge in [-0.25, -0.2) is 0 Å². The molecule has 1 atom stereocenters. The van der Waals surface area contributed by atoms with Crippen molar-refractivity contribution in [3.05, 3.63) is 71.9 Å². The van der Waals surface area contributed by atoms with Gasteiger partial charge in [-0.2, -0.15) is 0 Å². The highest BCUT2D eigenvalue weighted by Crippen LogP contribution is 2.28. The van der Waals surface area contributed by atoms with E-state index in [9.17, 15) is 9.90 Å². The third-order valence-electron chi connectivity index (χ3n) is 6.11. The number of carbonyl (C=O) groups excluding carboxylic acids is 1. The average Bonchev–Trinajstić information content (AvgIpc) is 3.20. The number of phenolic OH excluding ortho intramolecular Hbond substituents is 1. The number of aromatic amines is 1. The van der Waals surface area contributed by atoms with Crippen LogP contribution < -0.4 is 15.9 Å². The quantitative estimate of drug-likeness (QED) is 0.550. The van der Waals surface area contributed by atoms with E-state index in [1.165, 1.54) is 25.7 Å². The van der Waals surface area contributed by atoms with E-state index in [2.05, 4.69) is 23.5 Å². The summed E-state index contributed by atoms with van der Waals surface area (Å²) in [7, 11) is 0. The van der Waals surface area contributed by atoms with Crippen LogP contribution >= 0.6 is 0 Å². The van der Waals surface area contributed by atoms with Crippen LogP contribution in [-0.2, 0) is 0 Å². The van der Waals surface area contributed by atoms with Crippen molar-refractivity contribution in [3.8, 4) is 5.75 Å². The van der Waals surface area contributed by atoms with Crippen LogP contribution in [0.2, 0.25) is 0 Å². The molecule has 1 aromatic heterocycles. The Balaban J connectivity index is 2.01. The largest absolute Gasteiger partial charge is 0.508 e. The molecule has 1 aromatic carbocycles. The lowest BCUT2D eigenvalue weighted by Crippen LogP contribution is -2.40. The summed E-state index contributed by atoms with van der Waals surface area (Å²) in [4.78, 5) is 17.1. The highest BCUT2D eigenvalue weighted by molar-refractivity contribution is 6.02. The fourth-order valence-corrected chi connectivity index (χ4v) is 4.55. The van der Waals surface area contributed by atoms with Gasteiger partial charge in [0.1, 0.15) is 5.75 Å². The first-order chi connectivity index (χ1) is 15.1. The van der Waals surface area contributed by atoms with Crippen LogP contribution in [0.5, 0.6) is 5.75 Å². The number of phenols is 1. The van der Waals surface area contributed by atoms with Crippen LogP contribution in [0.1, 0.15) is 61.7 Å². The van der Waals surface area contributed by atoms with Crippen LogP contribution in [0.25, 0.3) is 12.2 Å². The lowest BCUT2D eigenvalue weighted by Gasteiger charge is -2.28. The van der Waals surface area contributed by atoms with Gasteiger partial charge in [0, 0.05) is 34.1 Å². The number of carbonyl (C=O) groups is 1. The molecular weight excluding hydrogens is 384 g/mol. The maximum atomic E-state index is 13.9. The molecule has 3 rings (SSSR count). The van der Waals surface area contributed by atoms with Gasteiger partial charge in [-0.05, 0) is 37.0 Å². The number of aromatic nitrogens is 1. The number of aromatic hydroxyl groups is 1. The van der Waals surface area contributed by atoms with Crippen molar-refractivity contribution in [2.24, 2.45) is 5.92 Å². The van der Waals surface area contributed by atoms with Gasteiger partial charge in [-0.1, -0.05) is 76.0 Å². The molecule has 0 saturated heterocycles. The standard InChI is InChI=1S/C27H34N2O2/c1-3-12-23-24(19-28-25(23)13-4-2)27(31)26(29-21-16-11-17-22(30)18-21)20-14-9-7-5-6-8-10-15-20/h3-4,11-13,16-20,26,28-30H,1-2,5-10,14-15H2/b23-12-,25-13+. The minimum atomic E-state index is -0.357. The summed E-state index contributed by atoms with van der Waals surface area (Å²) in [6, 6.07) is 6.67. The minimum absolute atomic E-state index is 0.0700. The van der Waals surface area contributed by atoms with Crippen molar-refractivity contribution < 1.29 is 9.90 Å². The number of H-pyrrole nitrogens is 1. The van der Waals surface area contributed by atoms with Crippen molar-refractivity contribution in [1.82, 2.24) is 4.98 Å². The zero-order valence-corrected chi connectivity index (χ0v) is 18.3. The maximum absolute atomic E-state index is 13.9. The van der Waals surface area contributed by atoms with Gasteiger partial charge in [-0.15, -0.1) is 0 Å². The van der Waals surface area contributed by atoms with E-state index in [1.54, 1.807) is 36.5 Å². The zero-order chi connectivity index (χ0) is 22.1. The summed E-state index contributed by atoms with van der Waals surface area (Å²) >= 11 is 0. The Hall–Kier alpha value is -3.01. The van der Waals surface area contributed by atoms with E-state index in [-0.39, 0.29) is 23.5 Å². The Kier molecular flexibility index (Phi) is 8.34. The van der Waals surface area contributed by atoms with E-state index < -0.39 is 0 Å². The van der Waals surface area contributed by atoms with Crippen molar-refractivity contribution in [3.63, 3.8) is 0 Å². The van der Waals surface area contributed by atoms with Crippen LogP contribution in [0.4, 0.5) is 5.69 Å². The second kappa shape index (κ2) is 11.4.